The topological polar surface area (TPSA) is 29.3 Å². The molecule has 0 radical (unpaired) electrons. The van der Waals surface area contributed by atoms with Crippen LogP contribution in [0.2, 0.25) is 0 Å². The first kappa shape index (κ1) is 7.56. The summed E-state index contributed by atoms with van der Waals surface area (Å²) in [5.74, 6) is 0.801. The van der Waals surface area contributed by atoms with Crippen molar-refractivity contribution in [3.63, 3.8) is 0 Å². The van der Waals surface area contributed by atoms with E-state index in [1.165, 1.54) is 19.3 Å². The highest BCUT2D eigenvalue weighted by molar-refractivity contribution is 5.03. The Morgan fingerprint density at radius 2 is 2.18 bits per heavy atom. The van der Waals surface area contributed by atoms with Gasteiger partial charge < -0.3 is 10.6 Å². The predicted octanol–water partition coefficient (Wildman–Crippen LogP) is 0.816. The Morgan fingerprint density at radius 3 is 2.64 bits per heavy atom. The highest BCUT2D eigenvalue weighted by Gasteiger charge is 2.47. The van der Waals surface area contributed by atoms with E-state index in [1.807, 2.05) is 0 Å². The van der Waals surface area contributed by atoms with Crippen LogP contribution >= 0.6 is 0 Å². The zero-order chi connectivity index (χ0) is 8.01. The molecule has 0 aromatic heterocycles. The molecule has 2 fully saturated rings. The van der Waals surface area contributed by atoms with E-state index in [0.29, 0.717) is 6.04 Å². The molecule has 1 heterocycles. The first-order chi connectivity index (χ1) is 5.24. The van der Waals surface area contributed by atoms with Gasteiger partial charge in [0, 0.05) is 18.1 Å². The van der Waals surface area contributed by atoms with E-state index in [0.717, 1.165) is 18.0 Å². The maximum atomic E-state index is 6.02. The maximum Gasteiger partial charge on any atom is 0.0136 e. The molecule has 1 saturated carbocycles. The van der Waals surface area contributed by atoms with Crippen LogP contribution < -0.4 is 5.73 Å². The van der Waals surface area contributed by atoms with Crippen molar-refractivity contribution < 1.29 is 0 Å². The molecule has 4 atom stereocenters. The van der Waals surface area contributed by atoms with Crippen molar-refractivity contribution in [3.8, 4) is 0 Å². The molecule has 2 N–H and O–H groups in total. The Kier molecular flexibility index (Phi) is 1.69. The van der Waals surface area contributed by atoms with Gasteiger partial charge in [-0.3, -0.25) is 0 Å². The molecule has 1 aliphatic carbocycles. The molecule has 2 nitrogen and oxygen atoms in total. The van der Waals surface area contributed by atoms with Crippen LogP contribution in [-0.2, 0) is 0 Å². The van der Waals surface area contributed by atoms with Gasteiger partial charge in [-0.15, -0.1) is 0 Å². The Hall–Kier alpha value is -0.0800. The van der Waals surface area contributed by atoms with E-state index in [9.17, 15) is 0 Å². The van der Waals surface area contributed by atoms with Gasteiger partial charge in [0.2, 0.25) is 0 Å². The zero-order valence-electron chi connectivity index (χ0n) is 7.46. The lowest BCUT2D eigenvalue weighted by atomic mass is 9.93. The Morgan fingerprint density at radius 1 is 1.45 bits per heavy atom. The number of hydrogen-bond donors (Lipinski definition) is 1. The largest absolute Gasteiger partial charge is 0.327 e. The van der Waals surface area contributed by atoms with Gasteiger partial charge in [-0.05, 0) is 32.2 Å². The van der Waals surface area contributed by atoms with E-state index in [4.69, 9.17) is 5.73 Å². The van der Waals surface area contributed by atoms with Crippen molar-refractivity contribution in [2.45, 2.75) is 44.3 Å². The standard InChI is InChI=1S/C9H18N2/c1-3-9-7-4-6(11(9)2)5-8(7)10/h6-9H,3-5,10H2,1-2H3/t6-,7+,8-,9?/m1/s1. The molecule has 0 aromatic carbocycles. The molecule has 1 aliphatic heterocycles. The van der Waals surface area contributed by atoms with Gasteiger partial charge in [0.1, 0.15) is 0 Å². The second-order valence-corrected chi connectivity index (χ2v) is 4.09. The summed E-state index contributed by atoms with van der Waals surface area (Å²) in [6, 6.07) is 2.09. The summed E-state index contributed by atoms with van der Waals surface area (Å²) < 4.78 is 0. The molecule has 2 rings (SSSR count). The van der Waals surface area contributed by atoms with Crippen molar-refractivity contribution in [1.29, 1.82) is 0 Å². The van der Waals surface area contributed by atoms with Crippen LogP contribution in [0.3, 0.4) is 0 Å². The SMILES string of the molecule is CCC1[C@H]2C[C@H](C[C@H]2N)N1C. The van der Waals surface area contributed by atoms with Gasteiger partial charge in [-0.25, -0.2) is 0 Å². The fraction of sp³-hybridized carbons (Fsp3) is 1.00. The summed E-state index contributed by atoms with van der Waals surface area (Å²) in [5, 5.41) is 0. The predicted molar refractivity (Wildman–Crippen MR) is 46.3 cm³/mol. The number of hydrogen-bond acceptors (Lipinski definition) is 2. The molecule has 0 spiro atoms. The van der Waals surface area contributed by atoms with E-state index >= 15 is 0 Å². The van der Waals surface area contributed by atoms with Crippen molar-refractivity contribution in [1.82, 2.24) is 4.90 Å². The van der Waals surface area contributed by atoms with E-state index < -0.39 is 0 Å². The lowest BCUT2D eigenvalue weighted by Crippen LogP contribution is -2.46. The summed E-state index contributed by atoms with van der Waals surface area (Å²) in [6.45, 7) is 2.27. The average molecular weight is 154 g/mol. The van der Waals surface area contributed by atoms with E-state index in [-0.39, 0.29) is 0 Å². The van der Waals surface area contributed by atoms with Gasteiger partial charge in [-0.2, -0.15) is 0 Å². The number of nitrogens with two attached hydrogens (primary N) is 1. The first-order valence-corrected chi connectivity index (χ1v) is 4.71. The molecule has 0 aromatic rings. The summed E-state index contributed by atoms with van der Waals surface area (Å²) >= 11 is 0. The van der Waals surface area contributed by atoms with Crippen LogP contribution in [0.25, 0.3) is 0 Å². The fourth-order valence-electron chi connectivity index (χ4n) is 3.01. The lowest BCUT2D eigenvalue weighted by molar-refractivity contribution is 0.157. The number of likely N-dealkylation sites (tertiary alicyclic amines) is 1. The molecule has 2 heteroatoms. The molecule has 1 unspecified atom stereocenters. The first-order valence-electron chi connectivity index (χ1n) is 4.71. The zero-order valence-corrected chi connectivity index (χ0v) is 7.46. The van der Waals surface area contributed by atoms with Crippen LogP contribution in [0.1, 0.15) is 26.2 Å². The van der Waals surface area contributed by atoms with Crippen molar-refractivity contribution in [2.24, 2.45) is 11.7 Å². The molecule has 2 aliphatic rings. The van der Waals surface area contributed by atoms with Crippen LogP contribution in [0.15, 0.2) is 0 Å². The lowest BCUT2D eigenvalue weighted by Gasteiger charge is -2.34. The molecular formula is C9H18N2. The maximum absolute atomic E-state index is 6.02. The van der Waals surface area contributed by atoms with Crippen LogP contribution in [0.5, 0.6) is 0 Å². The molecule has 11 heavy (non-hydrogen) atoms. The minimum Gasteiger partial charge on any atom is -0.327 e. The summed E-state index contributed by atoms with van der Waals surface area (Å²) in [6.07, 6.45) is 3.86. The third-order valence-corrected chi connectivity index (χ3v) is 3.65. The molecule has 2 bridgehead atoms. The smallest absolute Gasteiger partial charge is 0.0136 e. The van der Waals surface area contributed by atoms with Crippen molar-refractivity contribution >= 4 is 0 Å². The number of rotatable bonds is 1. The Bertz CT molecular complexity index is 158. The van der Waals surface area contributed by atoms with Crippen molar-refractivity contribution in [3.05, 3.63) is 0 Å². The molecular weight excluding hydrogens is 136 g/mol. The number of fused-ring (bicyclic) bond motifs is 2. The highest BCUT2D eigenvalue weighted by Crippen LogP contribution is 2.41. The minimum absolute atomic E-state index is 0.501. The van der Waals surface area contributed by atoms with Crippen LogP contribution in [0.4, 0.5) is 0 Å². The Balaban J connectivity index is 2.13. The average Bonchev–Trinajstić information content (AvgIpc) is 2.45. The summed E-state index contributed by atoms with van der Waals surface area (Å²) in [4.78, 5) is 2.54. The van der Waals surface area contributed by atoms with Gasteiger partial charge in [0.05, 0.1) is 0 Å². The minimum atomic E-state index is 0.501. The second kappa shape index (κ2) is 2.46. The summed E-state index contributed by atoms with van der Waals surface area (Å²) in [5.41, 5.74) is 6.02. The third kappa shape index (κ3) is 0.926. The molecule has 0 amide bonds. The normalized spacial score (nSPS) is 50.5. The van der Waals surface area contributed by atoms with E-state index in [1.54, 1.807) is 0 Å². The monoisotopic (exact) mass is 154 g/mol. The molecule has 64 valence electrons. The third-order valence-electron chi connectivity index (χ3n) is 3.65. The number of piperidine rings is 1. The van der Waals surface area contributed by atoms with Crippen LogP contribution in [0, 0.1) is 5.92 Å². The quantitative estimate of drug-likeness (QED) is 0.606. The second-order valence-electron chi connectivity index (χ2n) is 4.09. The van der Waals surface area contributed by atoms with Gasteiger partial charge >= 0.3 is 0 Å². The van der Waals surface area contributed by atoms with E-state index in [2.05, 4.69) is 18.9 Å². The Labute approximate surface area is 68.7 Å². The summed E-state index contributed by atoms with van der Waals surface area (Å²) in [7, 11) is 2.25. The van der Waals surface area contributed by atoms with Gasteiger partial charge in [-0.1, -0.05) is 6.92 Å². The van der Waals surface area contributed by atoms with Gasteiger partial charge in [0.25, 0.3) is 0 Å². The van der Waals surface area contributed by atoms with Crippen molar-refractivity contribution in [2.75, 3.05) is 7.05 Å². The molecule has 1 saturated heterocycles. The fourth-order valence-corrected chi connectivity index (χ4v) is 3.01. The highest BCUT2D eigenvalue weighted by atomic mass is 15.2. The van der Waals surface area contributed by atoms with Gasteiger partial charge in [0.15, 0.2) is 0 Å². The van der Waals surface area contributed by atoms with Crippen LogP contribution in [-0.4, -0.2) is 30.1 Å². The number of nitrogens with zero attached hydrogens (tertiary/aromatic N) is 1.